The maximum atomic E-state index is 12.9. The van der Waals surface area contributed by atoms with E-state index in [2.05, 4.69) is 20.0 Å². The van der Waals surface area contributed by atoms with Gasteiger partial charge in [-0.2, -0.15) is 18.2 Å². The number of nitrogens with one attached hydrogen (secondary N) is 2. The summed E-state index contributed by atoms with van der Waals surface area (Å²) in [5, 5.41) is 11.4. The summed E-state index contributed by atoms with van der Waals surface area (Å²) in [4.78, 5) is 20.2. The number of benzene rings is 3. The number of carbonyl (C=O) groups is 1. The zero-order chi connectivity index (χ0) is 31.8. The summed E-state index contributed by atoms with van der Waals surface area (Å²) in [7, 11) is 3.01. The third-order valence-corrected chi connectivity index (χ3v) is 7.27. The summed E-state index contributed by atoms with van der Waals surface area (Å²) in [6.45, 7) is 0.661. The van der Waals surface area contributed by atoms with Crippen molar-refractivity contribution < 1.29 is 41.0 Å². The van der Waals surface area contributed by atoms with Crippen LogP contribution < -0.4 is 24.4 Å². The number of para-hydroxylation sites is 1. The number of hydrogen-bond acceptors (Lipinski definition) is 9. The first kappa shape index (κ1) is 32.9. The molecule has 0 aliphatic rings. The van der Waals surface area contributed by atoms with Crippen LogP contribution in [-0.4, -0.2) is 64.0 Å². The number of ether oxygens (including phenoxy) is 2. The highest BCUT2D eigenvalue weighted by molar-refractivity contribution is 7.89. The van der Waals surface area contributed by atoms with Gasteiger partial charge in [0.15, 0.2) is 0 Å². The molecule has 1 aromatic heterocycles. The number of aromatic nitrogens is 2. The van der Waals surface area contributed by atoms with Gasteiger partial charge in [0.05, 0.1) is 19.7 Å². The summed E-state index contributed by atoms with van der Waals surface area (Å²) in [6, 6.07) is 20.2. The number of nitrogens with zero attached hydrogens (tertiary/aromatic N) is 3. The summed E-state index contributed by atoms with van der Waals surface area (Å²) in [5.41, 5.74) is 2.70. The number of alkyl halides is 3. The van der Waals surface area contributed by atoms with Gasteiger partial charge in [0, 0.05) is 38.6 Å². The number of fused-ring (bicyclic) bond motifs is 1. The SMILES string of the molecule is COc1ccc(OC)c(S(=O)(=O)NCc2ccc(CNc3nc(N(C)C)c4ccccc4n3)cc2)c1.O=C(O)C(F)(F)F. The lowest BCUT2D eigenvalue weighted by Gasteiger charge is -2.16. The van der Waals surface area contributed by atoms with Gasteiger partial charge in [-0.3, -0.25) is 0 Å². The average molecular weight is 622 g/mol. The van der Waals surface area contributed by atoms with Crippen molar-refractivity contribution in [1.82, 2.24) is 14.7 Å². The van der Waals surface area contributed by atoms with E-state index in [0.29, 0.717) is 18.2 Å². The number of carboxylic acids is 1. The molecule has 4 aromatic rings. The monoisotopic (exact) mass is 621 g/mol. The normalized spacial score (nSPS) is 11.3. The number of carboxylic acid groups (broad SMARTS) is 1. The van der Waals surface area contributed by atoms with Gasteiger partial charge >= 0.3 is 12.1 Å². The summed E-state index contributed by atoms with van der Waals surface area (Å²) < 4.78 is 70.5. The second-order valence-corrected chi connectivity index (χ2v) is 10.8. The van der Waals surface area contributed by atoms with Crippen molar-refractivity contribution in [2.75, 3.05) is 38.5 Å². The zero-order valence-electron chi connectivity index (χ0n) is 23.6. The van der Waals surface area contributed by atoms with E-state index < -0.39 is 22.2 Å². The van der Waals surface area contributed by atoms with Crippen LogP contribution in [0.15, 0.2) is 71.6 Å². The predicted molar refractivity (Wildman–Crippen MR) is 155 cm³/mol. The van der Waals surface area contributed by atoms with E-state index >= 15 is 0 Å². The lowest BCUT2D eigenvalue weighted by molar-refractivity contribution is -0.192. The van der Waals surface area contributed by atoms with Gasteiger partial charge in [0.25, 0.3) is 0 Å². The van der Waals surface area contributed by atoms with Gasteiger partial charge in [-0.1, -0.05) is 36.4 Å². The van der Waals surface area contributed by atoms with E-state index in [1.807, 2.05) is 67.5 Å². The molecule has 11 nitrogen and oxygen atoms in total. The Hall–Kier alpha value is -4.63. The fourth-order valence-electron chi connectivity index (χ4n) is 3.69. The minimum atomic E-state index is -5.08. The highest BCUT2D eigenvalue weighted by Gasteiger charge is 2.38. The number of halogens is 3. The Balaban J connectivity index is 0.000000646. The Labute approximate surface area is 246 Å². The molecular weight excluding hydrogens is 591 g/mol. The molecule has 230 valence electrons. The van der Waals surface area contributed by atoms with Crippen LogP contribution >= 0.6 is 0 Å². The average Bonchev–Trinajstić information content (AvgIpc) is 2.98. The van der Waals surface area contributed by atoms with Crippen molar-refractivity contribution in [3.05, 3.63) is 77.9 Å². The Morgan fingerprint density at radius 1 is 0.930 bits per heavy atom. The largest absolute Gasteiger partial charge is 0.497 e. The third kappa shape index (κ3) is 8.93. The molecule has 4 rings (SSSR count). The van der Waals surface area contributed by atoms with E-state index in [0.717, 1.165) is 27.8 Å². The van der Waals surface area contributed by atoms with Crippen LogP contribution in [0, 0.1) is 0 Å². The molecule has 3 aromatic carbocycles. The second-order valence-electron chi connectivity index (χ2n) is 9.10. The molecule has 0 saturated heterocycles. The van der Waals surface area contributed by atoms with Crippen molar-refractivity contribution in [3.8, 4) is 11.5 Å². The van der Waals surface area contributed by atoms with Gasteiger partial charge in [-0.25, -0.2) is 22.9 Å². The number of rotatable bonds is 10. The van der Waals surface area contributed by atoms with E-state index in [4.69, 9.17) is 19.4 Å². The van der Waals surface area contributed by atoms with Crippen molar-refractivity contribution in [1.29, 1.82) is 0 Å². The summed E-state index contributed by atoms with van der Waals surface area (Å²) >= 11 is 0. The molecule has 0 aliphatic carbocycles. The molecule has 0 bridgehead atoms. The molecule has 15 heteroatoms. The first-order chi connectivity index (χ1) is 20.2. The van der Waals surface area contributed by atoms with E-state index in [9.17, 15) is 21.6 Å². The molecule has 0 saturated carbocycles. The highest BCUT2D eigenvalue weighted by atomic mass is 32.2. The van der Waals surface area contributed by atoms with E-state index in [-0.39, 0.29) is 17.2 Å². The summed E-state index contributed by atoms with van der Waals surface area (Å²) in [6.07, 6.45) is -5.08. The smallest absolute Gasteiger partial charge is 0.490 e. The number of hydrogen-bond donors (Lipinski definition) is 3. The van der Waals surface area contributed by atoms with Gasteiger partial charge < -0.3 is 24.8 Å². The first-order valence-electron chi connectivity index (χ1n) is 12.5. The van der Waals surface area contributed by atoms with Gasteiger partial charge in [0.1, 0.15) is 22.2 Å². The number of aliphatic carboxylic acids is 1. The minimum Gasteiger partial charge on any atom is -0.497 e. The van der Waals surface area contributed by atoms with Crippen molar-refractivity contribution >= 4 is 38.7 Å². The Kier molecular flexibility index (Phi) is 10.7. The van der Waals surface area contributed by atoms with Crippen LogP contribution in [0.1, 0.15) is 11.1 Å². The Morgan fingerprint density at radius 2 is 1.53 bits per heavy atom. The zero-order valence-corrected chi connectivity index (χ0v) is 24.5. The van der Waals surface area contributed by atoms with E-state index in [1.165, 1.54) is 20.3 Å². The van der Waals surface area contributed by atoms with Gasteiger partial charge in [-0.05, 0) is 35.4 Å². The Morgan fingerprint density at radius 3 is 2.09 bits per heavy atom. The molecular formula is C28H30F3N5O6S. The molecule has 0 fully saturated rings. The standard InChI is InChI=1S/C26H29N5O4S.C2HF3O2/c1-31(2)25-21-7-5-6-8-22(21)29-26(30-25)27-16-18-9-11-19(12-10-18)17-28-36(32,33)24-15-20(34-3)13-14-23(24)35-4;3-2(4,5)1(6)7/h5-15,28H,16-17H2,1-4H3,(H,27,29,30);(H,6,7). The van der Waals surface area contributed by atoms with Crippen molar-refractivity contribution in [2.24, 2.45) is 0 Å². The molecule has 0 atom stereocenters. The van der Waals surface area contributed by atoms with Gasteiger partial charge in [-0.15, -0.1) is 0 Å². The highest BCUT2D eigenvalue weighted by Crippen LogP contribution is 2.28. The Bertz CT molecular complexity index is 1670. The maximum Gasteiger partial charge on any atom is 0.490 e. The molecule has 3 N–H and O–H groups in total. The molecule has 43 heavy (non-hydrogen) atoms. The molecule has 0 spiro atoms. The lowest BCUT2D eigenvalue weighted by atomic mass is 10.1. The topological polar surface area (TPSA) is 143 Å². The third-order valence-electron chi connectivity index (χ3n) is 5.85. The predicted octanol–water partition coefficient (Wildman–Crippen LogP) is 4.44. The number of methoxy groups -OCH3 is 2. The fraction of sp³-hybridized carbons (Fsp3) is 0.250. The van der Waals surface area contributed by atoms with Crippen LogP contribution in [0.3, 0.4) is 0 Å². The fourth-order valence-corrected chi connectivity index (χ4v) is 4.89. The number of sulfonamides is 1. The minimum absolute atomic E-state index is 0.0256. The van der Waals surface area contributed by atoms with Crippen molar-refractivity contribution in [2.45, 2.75) is 24.2 Å². The maximum absolute atomic E-state index is 12.9. The molecule has 0 radical (unpaired) electrons. The van der Waals surface area contributed by atoms with Crippen LogP contribution in [0.5, 0.6) is 11.5 Å². The first-order valence-corrected chi connectivity index (χ1v) is 14.0. The van der Waals surface area contributed by atoms with Crippen LogP contribution in [0.25, 0.3) is 10.9 Å². The van der Waals surface area contributed by atoms with Crippen LogP contribution in [0.4, 0.5) is 24.9 Å². The lowest BCUT2D eigenvalue weighted by Crippen LogP contribution is -2.23. The molecule has 0 aliphatic heterocycles. The molecule has 0 amide bonds. The molecule has 0 unspecified atom stereocenters. The summed E-state index contributed by atoms with van der Waals surface area (Å²) in [5.74, 6) is -0.688. The quantitative estimate of drug-likeness (QED) is 0.233. The van der Waals surface area contributed by atoms with Crippen LogP contribution in [-0.2, 0) is 27.9 Å². The van der Waals surface area contributed by atoms with E-state index in [1.54, 1.807) is 12.1 Å². The van der Waals surface area contributed by atoms with Crippen molar-refractivity contribution in [3.63, 3.8) is 0 Å². The van der Waals surface area contributed by atoms with Gasteiger partial charge in [0.2, 0.25) is 16.0 Å². The second kappa shape index (κ2) is 14.0. The number of anilines is 2. The molecule has 1 heterocycles. The van der Waals surface area contributed by atoms with Crippen LogP contribution in [0.2, 0.25) is 0 Å².